The Bertz CT molecular complexity index is 1240. The quantitative estimate of drug-likeness (QED) is 0.420. The fourth-order valence-electron chi connectivity index (χ4n) is 3.19. The third kappa shape index (κ3) is 4.48. The lowest BCUT2D eigenvalue weighted by Gasteiger charge is -2.11. The van der Waals surface area contributed by atoms with Crippen LogP contribution < -0.4 is 15.0 Å². The zero-order chi connectivity index (χ0) is 22.7. The molecule has 1 aliphatic rings. The van der Waals surface area contributed by atoms with Gasteiger partial charge in [-0.2, -0.15) is 0 Å². The normalized spacial score (nSPS) is 14.5. The molecule has 1 aliphatic heterocycles. The van der Waals surface area contributed by atoms with Gasteiger partial charge in [-0.25, -0.2) is 14.5 Å². The number of carbonyl (C=O) groups is 3. The van der Waals surface area contributed by atoms with Crippen molar-refractivity contribution in [3.8, 4) is 5.75 Å². The summed E-state index contributed by atoms with van der Waals surface area (Å²) in [5.41, 5.74) is 2.08. The van der Waals surface area contributed by atoms with E-state index in [1.165, 1.54) is 18.2 Å². The third-order valence-electron chi connectivity index (χ3n) is 4.73. The number of para-hydroxylation sites is 1. The summed E-state index contributed by atoms with van der Waals surface area (Å²) in [4.78, 5) is 37.1. The second-order valence-corrected chi connectivity index (χ2v) is 7.36. The van der Waals surface area contributed by atoms with Gasteiger partial charge in [-0.1, -0.05) is 48.0 Å². The number of aromatic carboxylic acids is 1. The number of anilines is 1. The number of imide groups is 1. The first-order valence-electron chi connectivity index (χ1n) is 9.59. The Morgan fingerprint density at radius 3 is 2.53 bits per heavy atom. The summed E-state index contributed by atoms with van der Waals surface area (Å²) in [7, 11) is 0. The van der Waals surface area contributed by atoms with Gasteiger partial charge in [-0.15, -0.1) is 0 Å². The van der Waals surface area contributed by atoms with Crippen LogP contribution in [0.2, 0.25) is 5.02 Å². The maximum Gasteiger partial charge on any atom is 0.335 e. The number of halogens is 1. The molecule has 0 radical (unpaired) electrons. The lowest BCUT2D eigenvalue weighted by molar-refractivity contribution is -0.113. The zero-order valence-electron chi connectivity index (χ0n) is 16.6. The summed E-state index contributed by atoms with van der Waals surface area (Å²) in [5.74, 6) is -1.07. The van der Waals surface area contributed by atoms with Crippen molar-refractivity contribution >= 4 is 41.3 Å². The fraction of sp³-hybridized carbons (Fsp3) is 0.0417. The van der Waals surface area contributed by atoms with Crippen molar-refractivity contribution in [3.05, 3.63) is 100 Å². The molecule has 0 bridgehead atoms. The number of rotatable bonds is 6. The number of benzene rings is 3. The SMILES string of the molecule is O=C(O)c1cccc(COc2ccc(/C=C3/NC(=O)N(c4ccccc4)C3=O)cc2Cl)c1. The van der Waals surface area contributed by atoms with Crippen molar-refractivity contribution in [2.24, 2.45) is 0 Å². The zero-order valence-corrected chi connectivity index (χ0v) is 17.4. The van der Waals surface area contributed by atoms with E-state index in [0.717, 1.165) is 4.90 Å². The summed E-state index contributed by atoms with van der Waals surface area (Å²) in [6.07, 6.45) is 1.54. The summed E-state index contributed by atoms with van der Waals surface area (Å²) in [6.45, 7) is 0.141. The predicted molar refractivity (Wildman–Crippen MR) is 120 cm³/mol. The lowest BCUT2D eigenvalue weighted by atomic mass is 10.1. The van der Waals surface area contributed by atoms with Crippen LogP contribution in [0, 0.1) is 0 Å². The Morgan fingerprint density at radius 1 is 1.03 bits per heavy atom. The largest absolute Gasteiger partial charge is 0.487 e. The number of nitrogens with one attached hydrogen (secondary N) is 1. The molecule has 1 fully saturated rings. The first-order chi connectivity index (χ1) is 15.4. The molecule has 0 atom stereocenters. The molecule has 0 aromatic heterocycles. The number of carboxylic acids is 1. The van der Waals surface area contributed by atoms with Crippen LogP contribution in [-0.2, 0) is 11.4 Å². The number of carbonyl (C=O) groups excluding carboxylic acids is 2. The Labute approximate surface area is 188 Å². The average Bonchev–Trinajstić information content (AvgIpc) is 3.06. The Kier molecular flexibility index (Phi) is 5.91. The van der Waals surface area contributed by atoms with Gasteiger partial charge >= 0.3 is 12.0 Å². The molecule has 0 unspecified atom stereocenters. The van der Waals surface area contributed by atoms with Gasteiger partial charge in [0.2, 0.25) is 0 Å². The minimum absolute atomic E-state index is 0.133. The van der Waals surface area contributed by atoms with Gasteiger partial charge in [-0.3, -0.25) is 4.79 Å². The van der Waals surface area contributed by atoms with Crippen LogP contribution in [0.25, 0.3) is 6.08 Å². The van der Waals surface area contributed by atoms with Crippen LogP contribution in [-0.4, -0.2) is 23.0 Å². The molecule has 160 valence electrons. The highest BCUT2D eigenvalue weighted by atomic mass is 35.5. The monoisotopic (exact) mass is 448 g/mol. The maximum absolute atomic E-state index is 12.7. The molecule has 2 N–H and O–H groups in total. The fourth-order valence-corrected chi connectivity index (χ4v) is 3.44. The second kappa shape index (κ2) is 8.95. The van der Waals surface area contributed by atoms with Crippen molar-refractivity contribution in [1.29, 1.82) is 0 Å². The molecule has 1 heterocycles. The van der Waals surface area contributed by atoms with Crippen LogP contribution in [0.4, 0.5) is 10.5 Å². The van der Waals surface area contributed by atoms with E-state index in [1.807, 2.05) is 0 Å². The summed E-state index contributed by atoms with van der Waals surface area (Å²) >= 11 is 6.32. The average molecular weight is 449 g/mol. The first-order valence-corrected chi connectivity index (χ1v) is 9.97. The third-order valence-corrected chi connectivity index (χ3v) is 5.02. The molecule has 32 heavy (non-hydrogen) atoms. The summed E-state index contributed by atoms with van der Waals surface area (Å²) < 4.78 is 5.71. The number of amides is 3. The van der Waals surface area contributed by atoms with Gasteiger partial charge in [-0.05, 0) is 53.6 Å². The molecular formula is C24H17ClN2O5. The molecule has 1 saturated heterocycles. The van der Waals surface area contributed by atoms with E-state index in [1.54, 1.807) is 60.7 Å². The number of ether oxygens (including phenoxy) is 1. The Hall–Kier alpha value is -4.10. The van der Waals surface area contributed by atoms with E-state index < -0.39 is 17.9 Å². The molecule has 3 aromatic carbocycles. The Morgan fingerprint density at radius 2 is 1.81 bits per heavy atom. The second-order valence-electron chi connectivity index (χ2n) is 6.95. The smallest absolute Gasteiger partial charge is 0.335 e. The number of nitrogens with zero attached hydrogens (tertiary/aromatic N) is 1. The van der Waals surface area contributed by atoms with Crippen molar-refractivity contribution in [2.75, 3.05) is 4.90 Å². The predicted octanol–water partition coefficient (Wildman–Crippen LogP) is 4.71. The first kappa shape index (κ1) is 21.1. The van der Waals surface area contributed by atoms with E-state index in [0.29, 0.717) is 27.6 Å². The van der Waals surface area contributed by atoms with Crippen molar-refractivity contribution in [2.45, 2.75) is 6.61 Å². The topological polar surface area (TPSA) is 95.9 Å². The molecule has 0 saturated carbocycles. The molecule has 3 amide bonds. The lowest BCUT2D eigenvalue weighted by Crippen LogP contribution is -2.30. The van der Waals surface area contributed by atoms with Crippen LogP contribution in [0.3, 0.4) is 0 Å². The molecule has 8 heteroatoms. The minimum Gasteiger partial charge on any atom is -0.487 e. The van der Waals surface area contributed by atoms with Gasteiger partial charge in [0, 0.05) is 0 Å². The maximum atomic E-state index is 12.7. The molecular weight excluding hydrogens is 432 g/mol. The number of hydrogen-bond donors (Lipinski definition) is 2. The summed E-state index contributed by atoms with van der Waals surface area (Å²) in [6, 6.07) is 19.5. The standard InChI is InChI=1S/C24H17ClN2O5/c25-19-12-15(9-10-21(19)32-14-16-5-4-6-17(11-16)23(29)30)13-20-22(28)27(24(31)26-20)18-7-2-1-3-8-18/h1-13H,14H2,(H,26,31)(H,29,30)/b20-13+. The van der Waals surface area contributed by atoms with Gasteiger partial charge in [0.05, 0.1) is 16.3 Å². The van der Waals surface area contributed by atoms with Gasteiger partial charge in [0.25, 0.3) is 5.91 Å². The van der Waals surface area contributed by atoms with E-state index in [4.69, 9.17) is 21.4 Å². The van der Waals surface area contributed by atoms with Gasteiger partial charge in [0.15, 0.2) is 0 Å². The Balaban J connectivity index is 1.48. The molecule has 0 spiro atoms. The number of carboxylic acid groups (broad SMARTS) is 1. The molecule has 4 rings (SSSR count). The van der Waals surface area contributed by atoms with Crippen molar-refractivity contribution in [3.63, 3.8) is 0 Å². The van der Waals surface area contributed by atoms with Gasteiger partial charge < -0.3 is 15.2 Å². The highest BCUT2D eigenvalue weighted by molar-refractivity contribution is 6.32. The molecule has 7 nitrogen and oxygen atoms in total. The van der Waals surface area contributed by atoms with Crippen LogP contribution >= 0.6 is 11.6 Å². The van der Waals surface area contributed by atoms with Crippen LogP contribution in [0.1, 0.15) is 21.5 Å². The van der Waals surface area contributed by atoms with Crippen molar-refractivity contribution in [1.82, 2.24) is 5.32 Å². The van der Waals surface area contributed by atoms with E-state index in [9.17, 15) is 14.4 Å². The summed E-state index contributed by atoms with van der Waals surface area (Å²) in [5, 5.41) is 12.0. The van der Waals surface area contributed by atoms with Crippen LogP contribution in [0.15, 0.2) is 78.5 Å². The highest BCUT2D eigenvalue weighted by Crippen LogP contribution is 2.28. The number of hydrogen-bond acceptors (Lipinski definition) is 4. The van der Waals surface area contributed by atoms with Crippen molar-refractivity contribution < 1.29 is 24.2 Å². The van der Waals surface area contributed by atoms with Gasteiger partial charge in [0.1, 0.15) is 18.1 Å². The molecule has 0 aliphatic carbocycles. The van der Waals surface area contributed by atoms with Crippen LogP contribution in [0.5, 0.6) is 5.75 Å². The number of urea groups is 1. The molecule has 3 aromatic rings. The van der Waals surface area contributed by atoms with E-state index in [-0.39, 0.29) is 17.9 Å². The van der Waals surface area contributed by atoms with E-state index >= 15 is 0 Å². The highest BCUT2D eigenvalue weighted by Gasteiger charge is 2.34. The minimum atomic E-state index is -1.01. The van der Waals surface area contributed by atoms with E-state index in [2.05, 4.69) is 5.32 Å².